The standard InChI is InChI=1S/C14H18BrNO4S/c15-12-5-4-11(14(17)18)10-13(12)21(19,20)9-8-16-6-2-1-3-7-16/h4-5,10H,1-3,6-9H2,(H,17,18). The molecule has 0 saturated carbocycles. The second-order valence-electron chi connectivity index (χ2n) is 5.17. The van der Waals surface area contributed by atoms with Gasteiger partial charge in [-0.2, -0.15) is 0 Å². The van der Waals surface area contributed by atoms with Crippen LogP contribution in [0.5, 0.6) is 0 Å². The zero-order valence-corrected chi connectivity index (χ0v) is 14.0. The van der Waals surface area contributed by atoms with E-state index in [-0.39, 0.29) is 16.2 Å². The first-order chi connectivity index (χ1) is 9.90. The summed E-state index contributed by atoms with van der Waals surface area (Å²) >= 11 is 3.20. The number of carbonyl (C=O) groups is 1. The lowest BCUT2D eigenvalue weighted by molar-refractivity contribution is 0.0696. The summed E-state index contributed by atoms with van der Waals surface area (Å²) in [6, 6.07) is 4.07. The molecule has 1 fully saturated rings. The molecule has 1 aromatic rings. The lowest BCUT2D eigenvalue weighted by Crippen LogP contribution is -2.34. The Labute approximate surface area is 133 Å². The molecule has 0 amide bonds. The van der Waals surface area contributed by atoms with Crippen molar-refractivity contribution >= 4 is 31.7 Å². The molecular formula is C14H18BrNO4S. The van der Waals surface area contributed by atoms with Crippen molar-refractivity contribution in [3.8, 4) is 0 Å². The van der Waals surface area contributed by atoms with Crippen LogP contribution in [0, 0.1) is 0 Å². The third-order valence-corrected chi connectivity index (χ3v) is 6.32. The summed E-state index contributed by atoms with van der Waals surface area (Å²) in [6.45, 7) is 2.36. The van der Waals surface area contributed by atoms with Gasteiger partial charge in [0, 0.05) is 11.0 Å². The number of aromatic carboxylic acids is 1. The second kappa shape index (κ2) is 6.89. The monoisotopic (exact) mass is 375 g/mol. The topological polar surface area (TPSA) is 74.7 Å². The van der Waals surface area contributed by atoms with Crippen LogP contribution in [0.2, 0.25) is 0 Å². The number of sulfone groups is 1. The van der Waals surface area contributed by atoms with Crippen molar-refractivity contribution in [2.75, 3.05) is 25.4 Å². The molecule has 1 aliphatic rings. The van der Waals surface area contributed by atoms with Crippen LogP contribution in [0.4, 0.5) is 0 Å². The van der Waals surface area contributed by atoms with Crippen molar-refractivity contribution in [2.45, 2.75) is 24.2 Å². The molecule has 1 aliphatic heterocycles. The molecule has 0 spiro atoms. The fourth-order valence-electron chi connectivity index (χ4n) is 2.42. The van der Waals surface area contributed by atoms with Crippen LogP contribution < -0.4 is 0 Å². The molecule has 1 saturated heterocycles. The number of hydrogen-bond acceptors (Lipinski definition) is 4. The average molecular weight is 376 g/mol. The van der Waals surface area contributed by atoms with Crippen LogP contribution in [0.15, 0.2) is 27.6 Å². The SMILES string of the molecule is O=C(O)c1ccc(Br)c(S(=O)(=O)CCN2CCCCC2)c1. The maximum atomic E-state index is 12.4. The summed E-state index contributed by atoms with van der Waals surface area (Å²) in [5.41, 5.74) is -0.0188. The Kier molecular flexibility index (Phi) is 5.40. The van der Waals surface area contributed by atoms with E-state index in [1.165, 1.54) is 24.6 Å². The predicted molar refractivity (Wildman–Crippen MR) is 83.4 cm³/mol. The van der Waals surface area contributed by atoms with Crippen molar-refractivity contribution in [1.82, 2.24) is 4.90 Å². The molecule has 1 heterocycles. The van der Waals surface area contributed by atoms with Crippen LogP contribution in [0.25, 0.3) is 0 Å². The number of benzene rings is 1. The number of likely N-dealkylation sites (tertiary alicyclic amines) is 1. The van der Waals surface area contributed by atoms with Gasteiger partial charge in [0.05, 0.1) is 16.2 Å². The van der Waals surface area contributed by atoms with Crippen LogP contribution in [0.3, 0.4) is 0 Å². The summed E-state index contributed by atoms with van der Waals surface area (Å²) in [5, 5.41) is 8.98. The lowest BCUT2D eigenvalue weighted by atomic mass is 10.1. The first-order valence-corrected chi connectivity index (χ1v) is 9.32. The van der Waals surface area contributed by atoms with Crippen molar-refractivity contribution in [1.29, 1.82) is 0 Å². The Morgan fingerprint density at radius 2 is 1.90 bits per heavy atom. The maximum Gasteiger partial charge on any atom is 0.335 e. The Morgan fingerprint density at radius 1 is 1.24 bits per heavy atom. The van der Waals surface area contributed by atoms with E-state index in [2.05, 4.69) is 20.8 Å². The zero-order valence-electron chi connectivity index (χ0n) is 11.6. The van der Waals surface area contributed by atoms with Crippen molar-refractivity contribution in [3.63, 3.8) is 0 Å². The minimum absolute atomic E-state index is 0.00860. The van der Waals surface area contributed by atoms with E-state index in [1.54, 1.807) is 0 Å². The Morgan fingerprint density at radius 3 is 2.52 bits per heavy atom. The largest absolute Gasteiger partial charge is 0.478 e. The van der Waals surface area contributed by atoms with E-state index in [0.717, 1.165) is 25.9 Å². The van der Waals surface area contributed by atoms with Gasteiger partial charge in [-0.15, -0.1) is 0 Å². The van der Waals surface area contributed by atoms with Gasteiger partial charge in [0.15, 0.2) is 9.84 Å². The first-order valence-electron chi connectivity index (χ1n) is 6.88. The van der Waals surface area contributed by atoms with Crippen molar-refractivity contribution in [2.24, 2.45) is 0 Å². The first kappa shape index (κ1) is 16.5. The number of hydrogen-bond donors (Lipinski definition) is 1. The van der Waals surface area contributed by atoms with Gasteiger partial charge in [-0.05, 0) is 60.1 Å². The molecule has 116 valence electrons. The summed E-state index contributed by atoms with van der Waals surface area (Å²) in [4.78, 5) is 13.2. The summed E-state index contributed by atoms with van der Waals surface area (Å²) < 4.78 is 25.3. The van der Waals surface area contributed by atoms with Crippen LogP contribution in [-0.2, 0) is 9.84 Å². The highest BCUT2D eigenvalue weighted by Crippen LogP contribution is 2.24. The van der Waals surface area contributed by atoms with Gasteiger partial charge >= 0.3 is 5.97 Å². The van der Waals surface area contributed by atoms with Gasteiger partial charge in [0.2, 0.25) is 0 Å². The van der Waals surface area contributed by atoms with Crippen LogP contribution >= 0.6 is 15.9 Å². The second-order valence-corrected chi connectivity index (χ2v) is 8.10. The van der Waals surface area contributed by atoms with Crippen molar-refractivity contribution in [3.05, 3.63) is 28.2 Å². The molecule has 0 unspecified atom stereocenters. The van der Waals surface area contributed by atoms with E-state index in [4.69, 9.17) is 5.11 Å². The number of nitrogens with zero attached hydrogens (tertiary/aromatic N) is 1. The molecule has 7 heteroatoms. The fraction of sp³-hybridized carbons (Fsp3) is 0.500. The Balaban J connectivity index is 2.14. The third-order valence-electron chi connectivity index (χ3n) is 3.64. The number of rotatable bonds is 5. The number of carboxylic acids is 1. The average Bonchev–Trinajstić information content (AvgIpc) is 2.46. The molecule has 21 heavy (non-hydrogen) atoms. The van der Waals surface area contributed by atoms with E-state index in [9.17, 15) is 13.2 Å². The van der Waals surface area contributed by atoms with Gasteiger partial charge in [0.1, 0.15) is 0 Å². The Hall–Kier alpha value is -0.920. The van der Waals surface area contributed by atoms with E-state index >= 15 is 0 Å². The minimum Gasteiger partial charge on any atom is -0.478 e. The number of piperidine rings is 1. The van der Waals surface area contributed by atoms with Gasteiger partial charge in [-0.1, -0.05) is 6.42 Å². The highest BCUT2D eigenvalue weighted by atomic mass is 79.9. The molecule has 0 radical (unpaired) electrons. The van der Waals surface area contributed by atoms with Gasteiger partial charge < -0.3 is 10.0 Å². The summed E-state index contributed by atoms with van der Waals surface area (Å²) in [5.74, 6) is -1.12. The summed E-state index contributed by atoms with van der Waals surface area (Å²) in [7, 11) is -3.50. The minimum atomic E-state index is -3.50. The Bertz CT molecular complexity index is 624. The molecular weight excluding hydrogens is 358 g/mol. The fourth-order valence-corrected chi connectivity index (χ4v) is 4.79. The van der Waals surface area contributed by atoms with Crippen LogP contribution in [0.1, 0.15) is 29.6 Å². The van der Waals surface area contributed by atoms with Gasteiger partial charge in [-0.25, -0.2) is 13.2 Å². The van der Waals surface area contributed by atoms with E-state index in [1.807, 2.05) is 0 Å². The molecule has 0 aromatic heterocycles. The van der Waals surface area contributed by atoms with E-state index < -0.39 is 15.8 Å². The normalized spacial score (nSPS) is 16.8. The molecule has 1 aromatic carbocycles. The quantitative estimate of drug-likeness (QED) is 0.854. The van der Waals surface area contributed by atoms with E-state index in [0.29, 0.717) is 11.0 Å². The van der Waals surface area contributed by atoms with Gasteiger partial charge in [0.25, 0.3) is 0 Å². The van der Waals surface area contributed by atoms with Crippen molar-refractivity contribution < 1.29 is 18.3 Å². The summed E-state index contributed by atoms with van der Waals surface area (Å²) in [6.07, 6.45) is 3.42. The molecule has 0 atom stereocenters. The molecule has 2 rings (SSSR count). The smallest absolute Gasteiger partial charge is 0.335 e. The molecule has 0 aliphatic carbocycles. The van der Waals surface area contributed by atoms with Crippen LogP contribution in [-0.4, -0.2) is 49.8 Å². The highest BCUT2D eigenvalue weighted by Gasteiger charge is 2.21. The zero-order chi connectivity index (χ0) is 15.5. The number of carboxylic acid groups (broad SMARTS) is 1. The third kappa shape index (κ3) is 4.28. The lowest BCUT2D eigenvalue weighted by Gasteiger charge is -2.26. The highest BCUT2D eigenvalue weighted by molar-refractivity contribution is 9.10. The number of halogens is 1. The molecule has 1 N–H and O–H groups in total. The predicted octanol–water partition coefficient (Wildman–Crippen LogP) is 2.41. The maximum absolute atomic E-state index is 12.4. The molecule has 0 bridgehead atoms. The van der Waals surface area contributed by atoms with Gasteiger partial charge in [-0.3, -0.25) is 0 Å². The molecule has 5 nitrogen and oxygen atoms in total.